The highest BCUT2D eigenvalue weighted by Gasteiger charge is 2.19. The predicted octanol–water partition coefficient (Wildman–Crippen LogP) is 14.5. The summed E-state index contributed by atoms with van der Waals surface area (Å²) in [5.41, 5.74) is 16.8. The number of rotatable bonds is 6. The van der Waals surface area contributed by atoms with Crippen LogP contribution in [0.2, 0.25) is 0 Å². The number of aromatic nitrogens is 2. The fraction of sp³-hybridized carbons (Fsp3) is 0. The van der Waals surface area contributed by atoms with Crippen molar-refractivity contribution in [2.45, 2.75) is 0 Å². The molecule has 262 valence electrons. The minimum Gasteiger partial charge on any atom is -0.309 e. The summed E-state index contributed by atoms with van der Waals surface area (Å²) in [4.78, 5) is 0. The van der Waals surface area contributed by atoms with Crippen LogP contribution in [0.3, 0.4) is 0 Å². The van der Waals surface area contributed by atoms with E-state index in [9.17, 15) is 0 Å². The van der Waals surface area contributed by atoms with Gasteiger partial charge in [-0.15, -0.1) is 0 Å². The van der Waals surface area contributed by atoms with Crippen molar-refractivity contribution in [1.29, 1.82) is 0 Å². The Morgan fingerprint density at radius 3 is 1.50 bits per heavy atom. The Bertz CT molecular complexity index is 3220. The molecule has 0 atom stereocenters. The molecule has 0 N–H and O–H groups in total. The summed E-state index contributed by atoms with van der Waals surface area (Å²) in [7, 11) is 0. The predicted molar refractivity (Wildman–Crippen MR) is 237 cm³/mol. The van der Waals surface area contributed by atoms with Crippen LogP contribution in [0.15, 0.2) is 218 Å². The molecule has 2 nitrogen and oxygen atoms in total. The molecule has 0 aliphatic rings. The first-order chi connectivity index (χ1) is 27.8. The molecular formula is C54H36N2. The molecule has 0 bridgehead atoms. The largest absolute Gasteiger partial charge is 0.309 e. The van der Waals surface area contributed by atoms with Gasteiger partial charge in [0.1, 0.15) is 0 Å². The van der Waals surface area contributed by atoms with Gasteiger partial charge in [-0.05, 0) is 93.5 Å². The van der Waals surface area contributed by atoms with E-state index in [1.165, 1.54) is 93.8 Å². The van der Waals surface area contributed by atoms with Gasteiger partial charge in [0.15, 0.2) is 0 Å². The third-order valence-corrected chi connectivity index (χ3v) is 11.3. The fourth-order valence-electron chi connectivity index (χ4n) is 8.78. The smallest absolute Gasteiger partial charge is 0.0547 e. The number of benzene rings is 9. The molecule has 2 heteroatoms. The second-order valence-electron chi connectivity index (χ2n) is 14.5. The second-order valence-corrected chi connectivity index (χ2v) is 14.5. The lowest BCUT2D eigenvalue weighted by atomic mass is 9.97. The molecule has 11 aromatic rings. The van der Waals surface area contributed by atoms with Crippen molar-refractivity contribution in [1.82, 2.24) is 9.13 Å². The summed E-state index contributed by atoms with van der Waals surface area (Å²) in [5.74, 6) is 0. The standard InChI is InChI=1S/C54H36N2/c1-4-16-37(17-5-1)40-22-14-23-43(34-40)55-52-33-31-42(36-48(52)54-45(26-15-29-53(54)55)39-20-8-3-9-21-39)41-30-32-51-47(35-41)46-25-11-13-28-50(46)56(51)49-27-12-10-24-44(49)38-18-6-2-7-19-38/h1-36H. The molecule has 0 aliphatic heterocycles. The molecule has 0 unspecified atom stereocenters. The molecule has 0 spiro atoms. The van der Waals surface area contributed by atoms with Gasteiger partial charge in [0.05, 0.1) is 27.8 Å². The summed E-state index contributed by atoms with van der Waals surface area (Å²) in [5, 5.41) is 4.98. The van der Waals surface area contributed by atoms with Gasteiger partial charge in [-0.3, -0.25) is 0 Å². The van der Waals surface area contributed by atoms with Gasteiger partial charge in [0, 0.05) is 32.8 Å². The van der Waals surface area contributed by atoms with Crippen LogP contribution in [-0.2, 0) is 0 Å². The van der Waals surface area contributed by atoms with Crippen LogP contribution in [-0.4, -0.2) is 9.13 Å². The van der Waals surface area contributed by atoms with E-state index in [1.54, 1.807) is 0 Å². The number of hydrogen-bond donors (Lipinski definition) is 0. The molecule has 11 rings (SSSR count). The molecule has 9 aromatic carbocycles. The zero-order valence-corrected chi connectivity index (χ0v) is 30.7. The van der Waals surface area contributed by atoms with E-state index in [-0.39, 0.29) is 0 Å². The van der Waals surface area contributed by atoms with Crippen molar-refractivity contribution in [2.75, 3.05) is 0 Å². The quantitative estimate of drug-likeness (QED) is 0.162. The lowest BCUT2D eigenvalue weighted by Crippen LogP contribution is -1.97. The van der Waals surface area contributed by atoms with Crippen molar-refractivity contribution in [3.05, 3.63) is 218 Å². The van der Waals surface area contributed by atoms with Gasteiger partial charge in [-0.2, -0.15) is 0 Å². The monoisotopic (exact) mass is 712 g/mol. The van der Waals surface area contributed by atoms with Gasteiger partial charge >= 0.3 is 0 Å². The van der Waals surface area contributed by atoms with E-state index in [1.807, 2.05) is 0 Å². The van der Waals surface area contributed by atoms with Crippen molar-refractivity contribution < 1.29 is 0 Å². The number of fused-ring (bicyclic) bond motifs is 6. The normalized spacial score (nSPS) is 11.6. The summed E-state index contributed by atoms with van der Waals surface area (Å²) < 4.78 is 4.87. The molecule has 0 saturated heterocycles. The zero-order chi connectivity index (χ0) is 37.0. The van der Waals surface area contributed by atoms with E-state index >= 15 is 0 Å². The molecule has 0 saturated carbocycles. The number of para-hydroxylation sites is 2. The lowest BCUT2D eigenvalue weighted by molar-refractivity contribution is 1.18. The topological polar surface area (TPSA) is 9.86 Å². The van der Waals surface area contributed by atoms with Crippen molar-refractivity contribution in [3.63, 3.8) is 0 Å². The van der Waals surface area contributed by atoms with E-state index in [2.05, 4.69) is 228 Å². The maximum atomic E-state index is 2.44. The van der Waals surface area contributed by atoms with Crippen LogP contribution in [0.4, 0.5) is 0 Å². The van der Waals surface area contributed by atoms with Gasteiger partial charge in [-0.1, -0.05) is 164 Å². The summed E-state index contributed by atoms with van der Waals surface area (Å²) in [6.07, 6.45) is 0. The minimum absolute atomic E-state index is 1.15. The van der Waals surface area contributed by atoms with Gasteiger partial charge in [0.2, 0.25) is 0 Å². The van der Waals surface area contributed by atoms with E-state index in [4.69, 9.17) is 0 Å². The van der Waals surface area contributed by atoms with Gasteiger partial charge in [0.25, 0.3) is 0 Å². The third-order valence-electron chi connectivity index (χ3n) is 11.3. The van der Waals surface area contributed by atoms with Crippen LogP contribution >= 0.6 is 0 Å². The van der Waals surface area contributed by atoms with Crippen molar-refractivity contribution >= 4 is 43.6 Å². The Labute approximate surface area is 325 Å². The Kier molecular flexibility index (Phi) is 7.53. The van der Waals surface area contributed by atoms with Crippen molar-refractivity contribution in [2.24, 2.45) is 0 Å². The van der Waals surface area contributed by atoms with Crippen LogP contribution in [0.5, 0.6) is 0 Å². The second kappa shape index (κ2) is 13.2. The number of hydrogen-bond acceptors (Lipinski definition) is 0. The molecular weight excluding hydrogens is 677 g/mol. The van der Waals surface area contributed by atoms with Crippen molar-refractivity contribution in [3.8, 4) is 55.9 Å². The molecule has 0 fully saturated rings. The maximum absolute atomic E-state index is 2.44. The summed E-state index contributed by atoms with van der Waals surface area (Å²) in [6.45, 7) is 0. The van der Waals surface area contributed by atoms with E-state index in [0.717, 1.165) is 5.69 Å². The molecule has 56 heavy (non-hydrogen) atoms. The van der Waals surface area contributed by atoms with Crippen LogP contribution in [0, 0.1) is 0 Å². The average Bonchev–Trinajstić information content (AvgIpc) is 3.79. The Hall–Kier alpha value is -7.42. The highest BCUT2D eigenvalue weighted by molar-refractivity contribution is 6.17. The van der Waals surface area contributed by atoms with Gasteiger partial charge in [-0.25, -0.2) is 0 Å². The summed E-state index contributed by atoms with van der Waals surface area (Å²) in [6, 6.07) is 79.4. The fourth-order valence-corrected chi connectivity index (χ4v) is 8.78. The minimum atomic E-state index is 1.15. The molecule has 2 aromatic heterocycles. The molecule has 2 heterocycles. The zero-order valence-electron chi connectivity index (χ0n) is 30.7. The average molecular weight is 713 g/mol. The maximum Gasteiger partial charge on any atom is 0.0547 e. The molecule has 0 amide bonds. The van der Waals surface area contributed by atoms with E-state index < -0.39 is 0 Å². The lowest BCUT2D eigenvalue weighted by Gasteiger charge is -2.14. The SMILES string of the molecule is c1ccc(-c2cccc(-n3c4ccc(-c5ccc6c(c5)c5ccccc5n6-c5ccccc5-c5ccccc5)cc4c4c(-c5ccccc5)cccc43)c2)cc1. The Morgan fingerprint density at radius 2 is 0.750 bits per heavy atom. The highest BCUT2D eigenvalue weighted by Crippen LogP contribution is 2.42. The Balaban J connectivity index is 1.13. The Morgan fingerprint density at radius 1 is 0.250 bits per heavy atom. The van der Waals surface area contributed by atoms with Crippen LogP contribution < -0.4 is 0 Å². The first-order valence-electron chi connectivity index (χ1n) is 19.3. The number of nitrogens with zero attached hydrogens (tertiary/aromatic N) is 2. The van der Waals surface area contributed by atoms with Crippen LogP contribution in [0.1, 0.15) is 0 Å². The van der Waals surface area contributed by atoms with Crippen LogP contribution in [0.25, 0.3) is 99.5 Å². The first-order valence-corrected chi connectivity index (χ1v) is 19.3. The summed E-state index contributed by atoms with van der Waals surface area (Å²) >= 11 is 0. The first kappa shape index (κ1) is 32.0. The third kappa shape index (κ3) is 5.19. The molecule has 0 aliphatic carbocycles. The van der Waals surface area contributed by atoms with Gasteiger partial charge < -0.3 is 9.13 Å². The van der Waals surface area contributed by atoms with E-state index in [0.29, 0.717) is 0 Å². The highest BCUT2D eigenvalue weighted by atomic mass is 15.0. The molecule has 0 radical (unpaired) electrons.